The maximum Gasteiger partial charge on any atom is 0.339 e. The number of phenols is 1. The lowest BCUT2D eigenvalue weighted by molar-refractivity contribution is -0.112. The summed E-state index contributed by atoms with van der Waals surface area (Å²) < 4.78 is 40.1. The minimum Gasteiger partial charge on any atom is -0.506 e. The maximum absolute atomic E-state index is 12.7. The number of amides is 1. The van der Waals surface area contributed by atoms with Gasteiger partial charge in [-0.3, -0.25) is 9.36 Å². The topological polar surface area (TPSA) is 92.4 Å². The van der Waals surface area contributed by atoms with Gasteiger partial charge >= 0.3 is 5.20 Å². The van der Waals surface area contributed by atoms with Crippen LogP contribution in [0.5, 0.6) is 5.75 Å². The molecule has 0 fully saturated rings. The normalized spacial score (nSPS) is 10.3. The van der Waals surface area contributed by atoms with E-state index >= 15 is 0 Å². The summed E-state index contributed by atoms with van der Waals surface area (Å²) in [5.74, 6) is -1.14. The quantitative estimate of drug-likeness (QED) is 0.206. The van der Waals surface area contributed by atoms with Crippen LogP contribution in [0.15, 0.2) is 59.5 Å². The number of allylic oxidation sites excluding steroid dienone is 1. The molecule has 0 unspecified atom stereocenters. The van der Waals surface area contributed by atoms with Crippen LogP contribution in [0.1, 0.15) is 19.7 Å². The molecule has 0 saturated carbocycles. The van der Waals surface area contributed by atoms with E-state index in [4.69, 9.17) is 4.42 Å². The summed E-state index contributed by atoms with van der Waals surface area (Å²) >= 11 is 13.8. The van der Waals surface area contributed by atoms with Gasteiger partial charge in [-0.15, -0.1) is 0 Å². The molecular formula is C20H18Cl3F2N2O4P. The van der Waals surface area contributed by atoms with E-state index in [-0.39, 0.29) is 17.3 Å². The molecule has 0 atom stereocenters. The monoisotopic (exact) mass is 524 g/mol. The number of anilines is 1. The van der Waals surface area contributed by atoms with Crippen molar-refractivity contribution in [2.24, 2.45) is 0 Å². The molecule has 1 amide bonds. The number of carbonyl (C=O) groups excluding carboxylic acids is 1. The molecule has 0 aliphatic heterocycles. The predicted octanol–water partition coefficient (Wildman–Crippen LogP) is 7.86. The van der Waals surface area contributed by atoms with Crippen LogP contribution in [0.25, 0.3) is 16.7 Å². The Morgan fingerprint density at radius 1 is 1.09 bits per heavy atom. The third kappa shape index (κ3) is 10.3. The Balaban J connectivity index is 0.000000266. The third-order valence-corrected chi connectivity index (χ3v) is 3.31. The van der Waals surface area contributed by atoms with Crippen molar-refractivity contribution in [3.63, 3.8) is 0 Å². The SMILES string of the molecule is C=C(C)C(=O)Nc1ccc(F)cc1O.C=C(C)c1nc2ccc(F)cc2o1.O=P(Cl)(Cl)Cl. The minimum absolute atomic E-state index is 0.166. The number of rotatable bonds is 3. The van der Waals surface area contributed by atoms with Crippen molar-refractivity contribution in [2.75, 3.05) is 5.32 Å². The summed E-state index contributed by atoms with van der Waals surface area (Å²) in [6, 6.07) is 7.61. The molecule has 0 spiro atoms. The zero-order chi connectivity index (χ0) is 24.6. The lowest BCUT2D eigenvalue weighted by Gasteiger charge is -2.06. The van der Waals surface area contributed by atoms with E-state index in [1.165, 1.54) is 25.1 Å². The molecule has 32 heavy (non-hydrogen) atoms. The Hall–Kier alpha value is -2.38. The summed E-state index contributed by atoms with van der Waals surface area (Å²) in [5, 5.41) is 8.40. The number of fused-ring (bicyclic) bond motifs is 1. The Labute approximate surface area is 197 Å². The molecule has 12 heteroatoms. The van der Waals surface area contributed by atoms with E-state index in [0.717, 1.165) is 17.7 Å². The van der Waals surface area contributed by atoms with Gasteiger partial charge in [-0.1, -0.05) is 13.2 Å². The molecule has 2 aromatic carbocycles. The van der Waals surface area contributed by atoms with Crippen LogP contribution < -0.4 is 5.32 Å². The van der Waals surface area contributed by atoms with Gasteiger partial charge in [0, 0.05) is 23.3 Å². The average Bonchev–Trinajstić information content (AvgIpc) is 3.06. The standard InChI is InChI=1S/C10H10FNO2.C10H8FNO.Cl3OP/c1-6(2)10(14)12-8-4-3-7(11)5-9(8)13;1-6(2)10-12-8-4-3-7(11)5-9(8)13-10;1-5(2,3)4/h3-5,13H,1H2,2H3,(H,12,14);3-5H,1H2,2H3;. The van der Waals surface area contributed by atoms with Crippen LogP contribution in [0, 0.1) is 11.6 Å². The van der Waals surface area contributed by atoms with E-state index in [1.807, 2.05) is 0 Å². The van der Waals surface area contributed by atoms with Gasteiger partial charge in [-0.2, -0.15) is 0 Å². The highest BCUT2D eigenvalue weighted by atomic mass is 36.0. The molecule has 6 nitrogen and oxygen atoms in total. The highest BCUT2D eigenvalue weighted by molar-refractivity contribution is 8.24. The van der Waals surface area contributed by atoms with E-state index in [0.29, 0.717) is 22.6 Å². The summed E-state index contributed by atoms with van der Waals surface area (Å²) in [6.45, 7) is 10.5. The van der Waals surface area contributed by atoms with E-state index in [1.54, 1.807) is 13.0 Å². The molecule has 0 radical (unpaired) electrons. The lowest BCUT2D eigenvalue weighted by Crippen LogP contribution is -2.11. The first kappa shape index (κ1) is 27.7. The summed E-state index contributed by atoms with van der Waals surface area (Å²) in [7, 11) is 0. The first-order valence-corrected chi connectivity index (χ1v) is 13.0. The highest BCUT2D eigenvalue weighted by Gasteiger charge is 2.07. The number of oxazole rings is 1. The number of nitrogens with one attached hydrogen (secondary N) is 1. The van der Waals surface area contributed by atoms with Gasteiger partial charge < -0.3 is 14.8 Å². The number of aromatic hydroxyl groups is 1. The van der Waals surface area contributed by atoms with Crippen molar-refractivity contribution in [1.29, 1.82) is 0 Å². The Morgan fingerprint density at radius 3 is 2.12 bits per heavy atom. The number of halogens is 5. The van der Waals surface area contributed by atoms with Crippen molar-refractivity contribution in [2.45, 2.75) is 13.8 Å². The summed E-state index contributed by atoms with van der Waals surface area (Å²) in [5.41, 5.74) is 2.32. The molecule has 3 aromatic rings. The first-order valence-electron chi connectivity index (χ1n) is 8.53. The van der Waals surface area contributed by atoms with Crippen LogP contribution in [0.2, 0.25) is 0 Å². The Bertz CT molecular complexity index is 1190. The van der Waals surface area contributed by atoms with Crippen molar-refractivity contribution < 1.29 is 27.7 Å². The number of aromatic nitrogens is 1. The third-order valence-electron chi connectivity index (χ3n) is 3.31. The van der Waals surface area contributed by atoms with Crippen LogP contribution >= 0.6 is 38.9 Å². The number of hydrogen-bond donors (Lipinski definition) is 2. The van der Waals surface area contributed by atoms with Crippen molar-refractivity contribution >= 4 is 67.2 Å². The van der Waals surface area contributed by atoms with Gasteiger partial charge in [-0.25, -0.2) is 13.8 Å². The highest BCUT2D eigenvalue weighted by Crippen LogP contribution is 2.61. The van der Waals surface area contributed by atoms with Gasteiger partial charge in [0.25, 0.3) is 5.91 Å². The average molecular weight is 526 g/mol. The zero-order valence-corrected chi connectivity index (χ0v) is 20.0. The molecule has 0 saturated heterocycles. The van der Waals surface area contributed by atoms with Crippen LogP contribution in [-0.2, 0) is 9.36 Å². The molecule has 3 rings (SSSR count). The van der Waals surface area contributed by atoms with Gasteiger partial charge in [0.15, 0.2) is 5.58 Å². The molecule has 0 aliphatic rings. The van der Waals surface area contributed by atoms with E-state index < -0.39 is 16.9 Å². The molecule has 172 valence electrons. The largest absolute Gasteiger partial charge is 0.506 e. The van der Waals surface area contributed by atoms with Crippen molar-refractivity contribution in [3.05, 3.63) is 72.7 Å². The summed E-state index contributed by atoms with van der Waals surface area (Å²) in [6.07, 6.45) is 0. The first-order chi connectivity index (χ1) is 14.7. The zero-order valence-electron chi connectivity index (χ0n) is 16.8. The maximum atomic E-state index is 12.7. The number of nitrogens with zero attached hydrogens (tertiary/aromatic N) is 1. The van der Waals surface area contributed by atoms with Gasteiger partial charge in [0.2, 0.25) is 5.89 Å². The van der Waals surface area contributed by atoms with Gasteiger partial charge in [0.1, 0.15) is 22.9 Å². The number of hydrogen-bond acceptors (Lipinski definition) is 5. The number of phenolic OH excluding ortho intramolecular Hbond substituents is 1. The van der Waals surface area contributed by atoms with E-state index in [2.05, 4.69) is 57.2 Å². The van der Waals surface area contributed by atoms with Crippen LogP contribution in [-0.4, -0.2) is 16.0 Å². The Kier molecular flexibility index (Phi) is 10.4. The number of benzene rings is 2. The van der Waals surface area contributed by atoms with Crippen molar-refractivity contribution in [3.8, 4) is 5.75 Å². The second-order valence-corrected chi connectivity index (χ2v) is 12.8. The predicted molar refractivity (Wildman–Crippen MR) is 125 cm³/mol. The van der Waals surface area contributed by atoms with Crippen LogP contribution in [0.4, 0.5) is 14.5 Å². The fourth-order valence-corrected chi connectivity index (χ4v) is 1.92. The van der Waals surface area contributed by atoms with Crippen LogP contribution in [0.3, 0.4) is 0 Å². The molecule has 1 heterocycles. The second-order valence-electron chi connectivity index (χ2n) is 6.21. The lowest BCUT2D eigenvalue weighted by atomic mass is 10.2. The number of carbonyl (C=O) groups is 1. The Morgan fingerprint density at radius 2 is 1.62 bits per heavy atom. The van der Waals surface area contributed by atoms with Crippen molar-refractivity contribution in [1.82, 2.24) is 4.98 Å². The molecule has 2 N–H and O–H groups in total. The fraction of sp³-hybridized carbons (Fsp3) is 0.100. The molecule has 1 aromatic heterocycles. The minimum atomic E-state index is -3.22. The molecule has 0 bridgehead atoms. The van der Waals surface area contributed by atoms with E-state index in [9.17, 15) is 23.2 Å². The van der Waals surface area contributed by atoms with Gasteiger partial charge in [0.05, 0.1) is 5.69 Å². The summed E-state index contributed by atoms with van der Waals surface area (Å²) in [4.78, 5) is 15.3. The smallest absolute Gasteiger partial charge is 0.339 e. The molecule has 0 aliphatic carbocycles. The molecular weight excluding hydrogens is 508 g/mol. The second kappa shape index (κ2) is 12.0. The van der Waals surface area contributed by atoms with Gasteiger partial charge in [-0.05, 0) is 71.8 Å². The fourth-order valence-electron chi connectivity index (χ4n) is 1.92.